The van der Waals surface area contributed by atoms with Crippen molar-refractivity contribution in [1.29, 1.82) is 0 Å². The lowest BCUT2D eigenvalue weighted by atomic mass is 10.1. The predicted molar refractivity (Wildman–Crippen MR) is 63.9 cm³/mol. The molecular formula is C13H19FN2. The van der Waals surface area contributed by atoms with E-state index in [1.54, 1.807) is 6.07 Å². The molecule has 0 spiro atoms. The molecule has 16 heavy (non-hydrogen) atoms. The van der Waals surface area contributed by atoms with Gasteiger partial charge in [0.05, 0.1) is 0 Å². The van der Waals surface area contributed by atoms with Gasteiger partial charge in [-0.25, -0.2) is 4.39 Å². The van der Waals surface area contributed by atoms with E-state index in [0.29, 0.717) is 6.04 Å². The summed E-state index contributed by atoms with van der Waals surface area (Å²) in [5.41, 5.74) is 1.89. The molecule has 1 heterocycles. The monoisotopic (exact) mass is 222 g/mol. The van der Waals surface area contributed by atoms with Crippen LogP contribution in [0.25, 0.3) is 0 Å². The normalized spacial score (nSPS) is 22.3. The summed E-state index contributed by atoms with van der Waals surface area (Å²) in [6.45, 7) is 8.01. The van der Waals surface area contributed by atoms with Crippen LogP contribution in [0, 0.1) is 12.7 Å². The summed E-state index contributed by atoms with van der Waals surface area (Å²) in [4.78, 5) is 2.40. The average Bonchev–Trinajstić information content (AvgIpc) is 2.28. The molecule has 1 aliphatic heterocycles. The predicted octanol–water partition coefficient (Wildman–Crippen LogP) is 1.93. The van der Waals surface area contributed by atoms with E-state index >= 15 is 0 Å². The molecule has 0 bridgehead atoms. The summed E-state index contributed by atoms with van der Waals surface area (Å²) in [6.07, 6.45) is 0. The Labute approximate surface area is 96.5 Å². The van der Waals surface area contributed by atoms with Crippen molar-refractivity contribution in [1.82, 2.24) is 10.2 Å². The van der Waals surface area contributed by atoms with Gasteiger partial charge in [-0.1, -0.05) is 12.1 Å². The Morgan fingerprint density at radius 2 is 2.31 bits per heavy atom. The molecule has 1 aromatic rings. The van der Waals surface area contributed by atoms with Gasteiger partial charge in [-0.3, -0.25) is 4.90 Å². The highest BCUT2D eigenvalue weighted by Crippen LogP contribution is 2.16. The number of nitrogens with zero attached hydrogens (tertiary/aromatic N) is 1. The van der Waals surface area contributed by atoms with Crippen molar-refractivity contribution >= 4 is 0 Å². The average molecular weight is 222 g/mol. The van der Waals surface area contributed by atoms with E-state index in [-0.39, 0.29) is 5.82 Å². The van der Waals surface area contributed by atoms with Crippen LogP contribution in [-0.2, 0) is 6.54 Å². The number of hydrogen-bond donors (Lipinski definition) is 1. The highest BCUT2D eigenvalue weighted by atomic mass is 19.1. The molecule has 0 amide bonds. The first-order chi connectivity index (χ1) is 7.68. The zero-order valence-electron chi connectivity index (χ0n) is 9.96. The molecule has 2 rings (SSSR count). The number of rotatable bonds is 2. The fraction of sp³-hybridized carbons (Fsp3) is 0.538. The standard InChI is InChI=1S/C13H19FN2/c1-10-8-15-6-7-16(10)9-12-4-3-5-13(14)11(12)2/h3-5,10,15H,6-9H2,1-2H3. The second-order valence-electron chi connectivity index (χ2n) is 4.55. The smallest absolute Gasteiger partial charge is 0.126 e. The Balaban J connectivity index is 2.10. The lowest BCUT2D eigenvalue weighted by Crippen LogP contribution is -2.49. The van der Waals surface area contributed by atoms with Crippen molar-refractivity contribution in [2.24, 2.45) is 0 Å². The fourth-order valence-corrected chi connectivity index (χ4v) is 2.16. The lowest BCUT2D eigenvalue weighted by Gasteiger charge is -2.34. The minimum absolute atomic E-state index is 0.0970. The van der Waals surface area contributed by atoms with Gasteiger partial charge >= 0.3 is 0 Å². The first kappa shape index (κ1) is 11.6. The molecule has 1 N–H and O–H groups in total. The van der Waals surface area contributed by atoms with Crippen LogP contribution < -0.4 is 5.32 Å². The van der Waals surface area contributed by atoms with Gasteiger partial charge in [0.25, 0.3) is 0 Å². The number of nitrogens with one attached hydrogen (secondary N) is 1. The van der Waals surface area contributed by atoms with Crippen LogP contribution in [0.2, 0.25) is 0 Å². The molecule has 1 fully saturated rings. The van der Waals surface area contributed by atoms with E-state index in [9.17, 15) is 4.39 Å². The fourth-order valence-electron chi connectivity index (χ4n) is 2.16. The third-order valence-electron chi connectivity index (χ3n) is 3.39. The van der Waals surface area contributed by atoms with Crippen molar-refractivity contribution in [3.05, 3.63) is 35.1 Å². The first-order valence-corrected chi connectivity index (χ1v) is 5.87. The van der Waals surface area contributed by atoms with Crippen LogP contribution in [0.15, 0.2) is 18.2 Å². The molecule has 1 saturated heterocycles. The zero-order valence-corrected chi connectivity index (χ0v) is 9.96. The molecule has 1 atom stereocenters. The van der Waals surface area contributed by atoms with E-state index in [1.807, 2.05) is 13.0 Å². The third kappa shape index (κ3) is 2.42. The topological polar surface area (TPSA) is 15.3 Å². The minimum atomic E-state index is -0.0970. The van der Waals surface area contributed by atoms with Crippen molar-refractivity contribution < 1.29 is 4.39 Å². The van der Waals surface area contributed by atoms with Crippen LogP contribution >= 0.6 is 0 Å². The Bertz CT molecular complexity index is 365. The molecule has 1 unspecified atom stereocenters. The first-order valence-electron chi connectivity index (χ1n) is 5.87. The van der Waals surface area contributed by atoms with Gasteiger partial charge in [0.15, 0.2) is 0 Å². The van der Waals surface area contributed by atoms with Crippen LogP contribution in [0.3, 0.4) is 0 Å². The van der Waals surface area contributed by atoms with Gasteiger partial charge in [0.1, 0.15) is 5.82 Å². The highest BCUT2D eigenvalue weighted by Gasteiger charge is 2.18. The van der Waals surface area contributed by atoms with Crippen LogP contribution in [-0.4, -0.2) is 30.6 Å². The lowest BCUT2D eigenvalue weighted by molar-refractivity contribution is 0.165. The number of benzene rings is 1. The maximum atomic E-state index is 13.4. The van der Waals surface area contributed by atoms with E-state index in [0.717, 1.165) is 37.3 Å². The van der Waals surface area contributed by atoms with Gasteiger partial charge in [-0.2, -0.15) is 0 Å². The molecule has 0 saturated carbocycles. The SMILES string of the molecule is Cc1c(F)cccc1CN1CCNCC1C. The van der Waals surface area contributed by atoms with Gasteiger partial charge in [0.2, 0.25) is 0 Å². The molecule has 1 aliphatic rings. The quantitative estimate of drug-likeness (QED) is 0.822. The van der Waals surface area contributed by atoms with Crippen molar-refractivity contribution in [3.8, 4) is 0 Å². The maximum Gasteiger partial charge on any atom is 0.126 e. The largest absolute Gasteiger partial charge is 0.314 e. The second kappa shape index (κ2) is 4.93. The van der Waals surface area contributed by atoms with E-state index < -0.39 is 0 Å². The van der Waals surface area contributed by atoms with E-state index in [4.69, 9.17) is 0 Å². The Morgan fingerprint density at radius 3 is 3.06 bits per heavy atom. The molecule has 2 nitrogen and oxygen atoms in total. The molecular weight excluding hydrogens is 203 g/mol. The summed E-state index contributed by atoms with van der Waals surface area (Å²) < 4.78 is 13.4. The van der Waals surface area contributed by atoms with E-state index in [1.165, 1.54) is 6.07 Å². The Morgan fingerprint density at radius 1 is 1.50 bits per heavy atom. The molecule has 0 aliphatic carbocycles. The van der Waals surface area contributed by atoms with Gasteiger partial charge in [-0.05, 0) is 31.0 Å². The van der Waals surface area contributed by atoms with Crippen LogP contribution in [0.4, 0.5) is 4.39 Å². The molecule has 0 aromatic heterocycles. The summed E-state index contributed by atoms with van der Waals surface area (Å²) in [7, 11) is 0. The summed E-state index contributed by atoms with van der Waals surface area (Å²) >= 11 is 0. The Hall–Kier alpha value is -0.930. The summed E-state index contributed by atoms with van der Waals surface area (Å²) in [5, 5.41) is 3.36. The third-order valence-corrected chi connectivity index (χ3v) is 3.39. The molecule has 3 heteroatoms. The van der Waals surface area contributed by atoms with Gasteiger partial charge in [-0.15, -0.1) is 0 Å². The molecule has 88 valence electrons. The van der Waals surface area contributed by atoms with Gasteiger partial charge in [0, 0.05) is 32.2 Å². The Kier molecular flexibility index (Phi) is 3.56. The number of halogens is 1. The number of piperazine rings is 1. The van der Waals surface area contributed by atoms with Crippen molar-refractivity contribution in [2.75, 3.05) is 19.6 Å². The molecule has 0 radical (unpaired) electrons. The highest BCUT2D eigenvalue weighted by molar-refractivity contribution is 5.27. The number of hydrogen-bond acceptors (Lipinski definition) is 2. The van der Waals surface area contributed by atoms with E-state index in [2.05, 4.69) is 17.1 Å². The van der Waals surface area contributed by atoms with Crippen LogP contribution in [0.1, 0.15) is 18.1 Å². The zero-order chi connectivity index (χ0) is 11.5. The minimum Gasteiger partial charge on any atom is -0.314 e. The summed E-state index contributed by atoms with van der Waals surface area (Å²) in [5.74, 6) is -0.0970. The maximum absolute atomic E-state index is 13.4. The van der Waals surface area contributed by atoms with Crippen LogP contribution in [0.5, 0.6) is 0 Å². The van der Waals surface area contributed by atoms with Crippen molar-refractivity contribution in [2.45, 2.75) is 26.4 Å². The van der Waals surface area contributed by atoms with Gasteiger partial charge < -0.3 is 5.32 Å². The van der Waals surface area contributed by atoms with Crippen molar-refractivity contribution in [3.63, 3.8) is 0 Å². The molecule has 1 aromatic carbocycles. The summed E-state index contributed by atoms with van der Waals surface area (Å²) in [6, 6.07) is 5.87. The second-order valence-corrected chi connectivity index (χ2v) is 4.55.